The van der Waals surface area contributed by atoms with Crippen LogP contribution in [0.5, 0.6) is 0 Å². The molecule has 0 fully saturated rings. The number of aryl methyl sites for hydroxylation is 2. The predicted molar refractivity (Wildman–Crippen MR) is 67.7 cm³/mol. The molecule has 0 N–H and O–H groups in total. The van der Waals surface area contributed by atoms with Gasteiger partial charge in [-0.3, -0.25) is 4.57 Å². The van der Waals surface area contributed by atoms with Crippen LogP contribution < -0.4 is 0 Å². The quantitative estimate of drug-likeness (QED) is 0.744. The van der Waals surface area contributed by atoms with Crippen molar-refractivity contribution >= 4 is 7.60 Å². The fraction of sp³-hybridized carbons (Fsp3) is 0.750. The topological polar surface area (TPSA) is 61.6 Å². The van der Waals surface area contributed by atoms with E-state index in [4.69, 9.17) is 13.5 Å². The summed E-state index contributed by atoms with van der Waals surface area (Å²) in [5.41, 5.74) is 1.01. The van der Waals surface area contributed by atoms with Gasteiger partial charge in [0, 0.05) is 6.42 Å². The van der Waals surface area contributed by atoms with Crippen molar-refractivity contribution in [1.29, 1.82) is 0 Å². The van der Waals surface area contributed by atoms with Crippen LogP contribution in [0.25, 0.3) is 0 Å². The van der Waals surface area contributed by atoms with Crippen molar-refractivity contribution in [3.05, 3.63) is 17.3 Å². The van der Waals surface area contributed by atoms with Gasteiger partial charge in [0.05, 0.1) is 18.9 Å². The maximum atomic E-state index is 12.4. The Labute approximate surface area is 107 Å². The summed E-state index contributed by atoms with van der Waals surface area (Å²) in [7, 11) is -3.10. The molecule has 0 spiro atoms. The van der Waals surface area contributed by atoms with Crippen molar-refractivity contribution in [3.63, 3.8) is 0 Å². The standard InChI is InChI=1S/C12H20NO4P/c1-3-15-18(14,16-4-2)9-12-13-10-7-5-6-8-11(10)17-12/h3-9H2,1-2H3. The maximum Gasteiger partial charge on any atom is 0.339 e. The monoisotopic (exact) mass is 273 g/mol. The van der Waals surface area contributed by atoms with Gasteiger partial charge in [-0.05, 0) is 33.1 Å². The highest BCUT2D eigenvalue weighted by molar-refractivity contribution is 7.52. The van der Waals surface area contributed by atoms with Crippen molar-refractivity contribution in [2.24, 2.45) is 0 Å². The van der Waals surface area contributed by atoms with Gasteiger partial charge in [0.1, 0.15) is 11.9 Å². The summed E-state index contributed by atoms with van der Waals surface area (Å²) in [6.45, 7) is 4.31. The molecule has 0 radical (unpaired) electrons. The molecule has 0 saturated carbocycles. The molecule has 0 bridgehead atoms. The van der Waals surface area contributed by atoms with E-state index in [0.29, 0.717) is 19.1 Å². The van der Waals surface area contributed by atoms with Crippen LogP contribution in [0.3, 0.4) is 0 Å². The largest absolute Gasteiger partial charge is 0.445 e. The highest BCUT2D eigenvalue weighted by Gasteiger charge is 2.28. The minimum Gasteiger partial charge on any atom is -0.445 e. The first-order valence-electron chi connectivity index (χ1n) is 6.52. The minimum atomic E-state index is -3.10. The summed E-state index contributed by atoms with van der Waals surface area (Å²) < 4.78 is 28.5. The van der Waals surface area contributed by atoms with Crippen LogP contribution in [0.2, 0.25) is 0 Å². The lowest BCUT2D eigenvalue weighted by Crippen LogP contribution is -2.00. The zero-order valence-corrected chi connectivity index (χ0v) is 11.9. The molecule has 1 aromatic heterocycles. The van der Waals surface area contributed by atoms with Crippen LogP contribution in [-0.4, -0.2) is 18.2 Å². The Kier molecular flexibility index (Phi) is 4.60. The van der Waals surface area contributed by atoms with E-state index in [1.165, 1.54) is 0 Å². The molecule has 1 aliphatic rings. The highest BCUT2D eigenvalue weighted by atomic mass is 31.2. The number of aromatic nitrogens is 1. The average Bonchev–Trinajstić information content (AvgIpc) is 2.70. The second-order valence-corrected chi connectivity index (χ2v) is 6.34. The molecule has 1 heterocycles. The third-order valence-corrected chi connectivity index (χ3v) is 4.83. The number of nitrogens with zero attached hydrogens (tertiary/aromatic N) is 1. The van der Waals surface area contributed by atoms with Crippen LogP contribution in [0.15, 0.2) is 4.42 Å². The molecular formula is C12H20NO4P. The van der Waals surface area contributed by atoms with E-state index in [1.54, 1.807) is 13.8 Å². The molecule has 6 heteroatoms. The first kappa shape index (κ1) is 13.8. The zero-order valence-electron chi connectivity index (χ0n) is 11.0. The van der Waals surface area contributed by atoms with E-state index >= 15 is 0 Å². The summed E-state index contributed by atoms with van der Waals surface area (Å²) in [6, 6.07) is 0. The molecule has 0 aromatic carbocycles. The van der Waals surface area contributed by atoms with Gasteiger partial charge in [0.2, 0.25) is 5.89 Å². The van der Waals surface area contributed by atoms with Crippen molar-refractivity contribution in [2.45, 2.75) is 45.7 Å². The molecule has 0 aliphatic heterocycles. The summed E-state index contributed by atoms with van der Waals surface area (Å²) >= 11 is 0. The maximum absolute atomic E-state index is 12.4. The third-order valence-electron chi connectivity index (χ3n) is 2.87. The van der Waals surface area contributed by atoms with Gasteiger partial charge in [0.25, 0.3) is 0 Å². The fourth-order valence-electron chi connectivity index (χ4n) is 2.16. The molecular weight excluding hydrogens is 253 g/mol. The van der Waals surface area contributed by atoms with Gasteiger partial charge in [0.15, 0.2) is 0 Å². The molecule has 0 atom stereocenters. The van der Waals surface area contributed by atoms with Gasteiger partial charge in [-0.25, -0.2) is 4.98 Å². The Bertz CT molecular complexity index is 410. The van der Waals surface area contributed by atoms with Crippen molar-refractivity contribution in [3.8, 4) is 0 Å². The number of fused-ring (bicyclic) bond motifs is 1. The minimum absolute atomic E-state index is 0.127. The van der Waals surface area contributed by atoms with E-state index < -0.39 is 7.60 Å². The van der Waals surface area contributed by atoms with Crippen molar-refractivity contribution in [1.82, 2.24) is 4.98 Å². The second kappa shape index (κ2) is 6.00. The zero-order chi connectivity index (χ0) is 13.0. The van der Waals surface area contributed by atoms with Crippen LogP contribution in [0.1, 0.15) is 44.0 Å². The average molecular weight is 273 g/mol. The van der Waals surface area contributed by atoms with E-state index in [9.17, 15) is 4.57 Å². The Morgan fingerprint density at radius 1 is 1.22 bits per heavy atom. The molecule has 102 valence electrons. The molecule has 5 nitrogen and oxygen atoms in total. The van der Waals surface area contributed by atoms with E-state index in [-0.39, 0.29) is 6.16 Å². The van der Waals surface area contributed by atoms with Crippen LogP contribution in [0.4, 0.5) is 0 Å². The lowest BCUT2D eigenvalue weighted by Gasteiger charge is -2.14. The summed E-state index contributed by atoms with van der Waals surface area (Å²) in [5.74, 6) is 1.42. The summed E-state index contributed by atoms with van der Waals surface area (Å²) in [4.78, 5) is 4.40. The van der Waals surface area contributed by atoms with Gasteiger partial charge >= 0.3 is 7.60 Å². The smallest absolute Gasteiger partial charge is 0.339 e. The van der Waals surface area contributed by atoms with Crippen molar-refractivity contribution in [2.75, 3.05) is 13.2 Å². The molecule has 1 aliphatic carbocycles. The summed E-state index contributed by atoms with van der Waals surface area (Å²) in [5, 5.41) is 0. The third kappa shape index (κ3) is 3.22. The summed E-state index contributed by atoms with van der Waals surface area (Å²) in [6.07, 6.45) is 4.29. The fourth-order valence-corrected chi connectivity index (χ4v) is 3.67. The number of rotatable bonds is 6. The normalized spacial score (nSPS) is 15.7. The first-order chi connectivity index (χ1) is 8.67. The van der Waals surface area contributed by atoms with Crippen LogP contribution >= 0.6 is 7.60 Å². The predicted octanol–water partition coefficient (Wildman–Crippen LogP) is 3.32. The molecule has 0 unspecified atom stereocenters. The number of hydrogen-bond acceptors (Lipinski definition) is 5. The lowest BCUT2D eigenvalue weighted by atomic mass is 10.0. The molecule has 0 amide bonds. The molecule has 0 saturated heterocycles. The molecule has 18 heavy (non-hydrogen) atoms. The van der Waals surface area contributed by atoms with Crippen LogP contribution in [-0.2, 0) is 32.6 Å². The Hall–Kier alpha value is -0.640. The van der Waals surface area contributed by atoms with E-state index in [2.05, 4.69) is 4.98 Å². The highest BCUT2D eigenvalue weighted by Crippen LogP contribution is 2.51. The Balaban J connectivity index is 2.11. The number of hydrogen-bond donors (Lipinski definition) is 0. The Morgan fingerprint density at radius 2 is 1.89 bits per heavy atom. The van der Waals surface area contributed by atoms with E-state index in [0.717, 1.165) is 37.1 Å². The van der Waals surface area contributed by atoms with Gasteiger partial charge < -0.3 is 13.5 Å². The lowest BCUT2D eigenvalue weighted by molar-refractivity contribution is 0.216. The number of oxazole rings is 1. The van der Waals surface area contributed by atoms with Gasteiger partial charge in [-0.1, -0.05) is 0 Å². The first-order valence-corrected chi connectivity index (χ1v) is 8.25. The molecule has 1 aromatic rings. The Morgan fingerprint density at radius 3 is 2.50 bits per heavy atom. The van der Waals surface area contributed by atoms with Gasteiger partial charge in [-0.15, -0.1) is 0 Å². The van der Waals surface area contributed by atoms with E-state index in [1.807, 2.05) is 0 Å². The molecule has 2 rings (SSSR count). The van der Waals surface area contributed by atoms with Crippen molar-refractivity contribution < 1.29 is 18.0 Å². The van der Waals surface area contributed by atoms with Gasteiger partial charge in [-0.2, -0.15) is 0 Å². The van der Waals surface area contributed by atoms with Crippen LogP contribution in [0, 0.1) is 0 Å². The SMILES string of the molecule is CCOP(=O)(Cc1nc2c(o1)CCCC2)OCC. The second-order valence-electron chi connectivity index (χ2n) is 4.29.